The van der Waals surface area contributed by atoms with Crippen molar-refractivity contribution in [1.82, 2.24) is 4.98 Å². The third-order valence-corrected chi connectivity index (χ3v) is 2.23. The number of benzene rings is 1. The number of hydrogen-bond donors (Lipinski definition) is 2. The molecule has 0 atom stereocenters. The first-order valence-corrected chi connectivity index (χ1v) is 4.08. The van der Waals surface area contributed by atoms with E-state index in [1.54, 1.807) is 0 Å². The molecule has 0 radical (unpaired) electrons. The quantitative estimate of drug-likeness (QED) is 0.657. The van der Waals surface area contributed by atoms with Crippen LogP contribution < -0.4 is 5.73 Å². The highest BCUT2D eigenvalue weighted by Gasteiger charge is 2.01. The van der Waals surface area contributed by atoms with E-state index < -0.39 is 0 Å². The fourth-order valence-corrected chi connectivity index (χ4v) is 1.53. The molecule has 1 aromatic carbocycles. The maximum Gasteiger partial charge on any atom is 0.0487 e. The Balaban J connectivity index is 2.80. The van der Waals surface area contributed by atoms with E-state index in [9.17, 15) is 0 Å². The van der Waals surface area contributed by atoms with Crippen molar-refractivity contribution in [3.63, 3.8) is 0 Å². The Hall–Kier alpha value is -1.28. The fourth-order valence-electron chi connectivity index (χ4n) is 1.53. The molecule has 0 spiro atoms. The zero-order chi connectivity index (χ0) is 8.55. The summed E-state index contributed by atoms with van der Waals surface area (Å²) < 4.78 is 0. The van der Waals surface area contributed by atoms with Gasteiger partial charge in [0.2, 0.25) is 0 Å². The molecule has 0 saturated carbocycles. The lowest BCUT2D eigenvalue weighted by Gasteiger charge is -1.95. The first-order chi connectivity index (χ1) is 5.83. The number of H-pyrrole nitrogens is 1. The Morgan fingerprint density at radius 3 is 3.00 bits per heavy atom. The van der Waals surface area contributed by atoms with Crippen molar-refractivity contribution < 1.29 is 0 Å². The van der Waals surface area contributed by atoms with Crippen LogP contribution in [0.15, 0.2) is 24.4 Å². The zero-order valence-corrected chi connectivity index (χ0v) is 7.09. The number of hydrogen-bond acceptors (Lipinski definition) is 1. The minimum absolute atomic E-state index is 0.601. The molecule has 2 rings (SSSR count). The maximum atomic E-state index is 5.59. The fraction of sp³-hybridized carbons (Fsp3) is 0.200. The van der Waals surface area contributed by atoms with Crippen LogP contribution >= 0.6 is 0 Å². The summed E-state index contributed by atoms with van der Waals surface area (Å²) in [6.45, 7) is 2.70. The number of rotatable bonds is 1. The van der Waals surface area contributed by atoms with Crippen LogP contribution in [0.3, 0.4) is 0 Å². The number of aromatic nitrogens is 1. The number of aryl methyl sites for hydroxylation is 1. The molecule has 0 bridgehead atoms. The SMILES string of the molecule is Cc1cccc2c(CN)c[nH]c12. The average molecular weight is 160 g/mol. The van der Waals surface area contributed by atoms with E-state index in [-0.39, 0.29) is 0 Å². The Morgan fingerprint density at radius 1 is 1.42 bits per heavy atom. The van der Waals surface area contributed by atoms with E-state index in [4.69, 9.17) is 5.73 Å². The molecule has 12 heavy (non-hydrogen) atoms. The lowest BCUT2D eigenvalue weighted by atomic mass is 10.1. The third-order valence-electron chi connectivity index (χ3n) is 2.23. The topological polar surface area (TPSA) is 41.8 Å². The summed E-state index contributed by atoms with van der Waals surface area (Å²) in [5.74, 6) is 0. The Labute approximate surface area is 71.4 Å². The molecule has 2 aromatic rings. The predicted molar refractivity (Wildman–Crippen MR) is 50.9 cm³/mol. The highest BCUT2D eigenvalue weighted by molar-refractivity contribution is 5.85. The molecule has 1 heterocycles. The summed E-state index contributed by atoms with van der Waals surface area (Å²) in [6.07, 6.45) is 1.98. The lowest BCUT2D eigenvalue weighted by Crippen LogP contribution is -1.93. The van der Waals surface area contributed by atoms with Crippen LogP contribution in [0.1, 0.15) is 11.1 Å². The number of nitrogens with two attached hydrogens (primary N) is 1. The highest BCUT2D eigenvalue weighted by atomic mass is 14.7. The van der Waals surface area contributed by atoms with E-state index in [0.717, 1.165) is 0 Å². The predicted octanol–water partition coefficient (Wildman–Crippen LogP) is 1.94. The molecule has 0 aliphatic rings. The van der Waals surface area contributed by atoms with E-state index in [1.807, 2.05) is 6.20 Å². The van der Waals surface area contributed by atoms with Gasteiger partial charge in [-0.05, 0) is 18.1 Å². The van der Waals surface area contributed by atoms with Crippen LogP contribution in [-0.4, -0.2) is 4.98 Å². The molecule has 0 fully saturated rings. The van der Waals surface area contributed by atoms with Gasteiger partial charge in [-0.1, -0.05) is 18.2 Å². The summed E-state index contributed by atoms with van der Waals surface area (Å²) in [4.78, 5) is 3.23. The normalized spacial score (nSPS) is 10.8. The molecule has 0 aliphatic carbocycles. The van der Waals surface area contributed by atoms with Crippen molar-refractivity contribution >= 4 is 10.9 Å². The van der Waals surface area contributed by atoms with Crippen molar-refractivity contribution in [3.8, 4) is 0 Å². The van der Waals surface area contributed by atoms with E-state index in [2.05, 4.69) is 30.1 Å². The molecule has 3 N–H and O–H groups in total. The standard InChI is InChI=1S/C10H12N2/c1-7-3-2-4-9-8(5-11)6-12-10(7)9/h2-4,6,12H,5,11H2,1H3. The number of para-hydroxylation sites is 1. The lowest BCUT2D eigenvalue weighted by molar-refractivity contribution is 1.08. The third kappa shape index (κ3) is 0.924. The molecule has 2 heteroatoms. The number of fused-ring (bicyclic) bond motifs is 1. The molecule has 0 saturated heterocycles. The Kier molecular flexibility index (Phi) is 1.62. The molecule has 0 aliphatic heterocycles. The van der Waals surface area contributed by atoms with E-state index >= 15 is 0 Å². The Bertz CT molecular complexity index is 401. The maximum absolute atomic E-state index is 5.59. The van der Waals surface area contributed by atoms with Crippen molar-refractivity contribution in [2.75, 3.05) is 0 Å². The number of nitrogens with one attached hydrogen (secondary N) is 1. The van der Waals surface area contributed by atoms with Gasteiger partial charge in [-0.25, -0.2) is 0 Å². The van der Waals surface area contributed by atoms with Gasteiger partial charge in [0.05, 0.1) is 0 Å². The van der Waals surface area contributed by atoms with Gasteiger partial charge in [0.1, 0.15) is 0 Å². The van der Waals surface area contributed by atoms with Crippen molar-refractivity contribution in [3.05, 3.63) is 35.5 Å². The van der Waals surface area contributed by atoms with Crippen LogP contribution in [0.5, 0.6) is 0 Å². The Morgan fingerprint density at radius 2 is 2.25 bits per heavy atom. The molecule has 1 aromatic heterocycles. The van der Waals surface area contributed by atoms with Gasteiger partial charge < -0.3 is 10.7 Å². The van der Waals surface area contributed by atoms with Crippen LogP contribution in [0.4, 0.5) is 0 Å². The second kappa shape index (κ2) is 2.64. The molecular formula is C10H12N2. The number of aromatic amines is 1. The van der Waals surface area contributed by atoms with Crippen LogP contribution in [0.25, 0.3) is 10.9 Å². The first kappa shape index (κ1) is 7.37. The monoisotopic (exact) mass is 160 g/mol. The average Bonchev–Trinajstić information content (AvgIpc) is 2.49. The summed E-state index contributed by atoms with van der Waals surface area (Å²) in [6, 6.07) is 6.25. The van der Waals surface area contributed by atoms with Gasteiger partial charge in [0, 0.05) is 23.6 Å². The minimum atomic E-state index is 0.601. The van der Waals surface area contributed by atoms with Gasteiger partial charge in [0.25, 0.3) is 0 Å². The van der Waals surface area contributed by atoms with Crippen LogP contribution in [0.2, 0.25) is 0 Å². The first-order valence-electron chi connectivity index (χ1n) is 4.08. The van der Waals surface area contributed by atoms with Gasteiger partial charge in [-0.3, -0.25) is 0 Å². The van der Waals surface area contributed by atoms with E-state index in [0.29, 0.717) is 6.54 Å². The summed E-state index contributed by atoms with van der Waals surface area (Å²) in [7, 11) is 0. The smallest absolute Gasteiger partial charge is 0.0487 e. The van der Waals surface area contributed by atoms with Gasteiger partial charge in [-0.2, -0.15) is 0 Å². The molecule has 0 amide bonds. The second-order valence-electron chi connectivity index (χ2n) is 3.02. The van der Waals surface area contributed by atoms with Crippen LogP contribution in [0, 0.1) is 6.92 Å². The largest absolute Gasteiger partial charge is 0.361 e. The minimum Gasteiger partial charge on any atom is -0.361 e. The second-order valence-corrected chi connectivity index (χ2v) is 3.02. The molecule has 2 nitrogen and oxygen atoms in total. The van der Waals surface area contributed by atoms with Gasteiger partial charge in [0.15, 0.2) is 0 Å². The molecule has 62 valence electrons. The van der Waals surface area contributed by atoms with E-state index in [1.165, 1.54) is 22.0 Å². The van der Waals surface area contributed by atoms with Crippen molar-refractivity contribution in [2.24, 2.45) is 5.73 Å². The molecular weight excluding hydrogens is 148 g/mol. The van der Waals surface area contributed by atoms with Crippen molar-refractivity contribution in [1.29, 1.82) is 0 Å². The molecule has 0 unspecified atom stereocenters. The summed E-state index contributed by atoms with van der Waals surface area (Å²) in [5, 5.41) is 1.25. The highest BCUT2D eigenvalue weighted by Crippen LogP contribution is 2.20. The summed E-state index contributed by atoms with van der Waals surface area (Å²) in [5.41, 5.74) is 9.26. The zero-order valence-electron chi connectivity index (χ0n) is 7.09. The van der Waals surface area contributed by atoms with Crippen LogP contribution in [-0.2, 0) is 6.54 Å². The van der Waals surface area contributed by atoms with Crippen molar-refractivity contribution in [2.45, 2.75) is 13.5 Å². The van der Waals surface area contributed by atoms with Gasteiger partial charge >= 0.3 is 0 Å². The summed E-state index contributed by atoms with van der Waals surface area (Å²) >= 11 is 0. The van der Waals surface area contributed by atoms with Gasteiger partial charge in [-0.15, -0.1) is 0 Å².